The zero-order chi connectivity index (χ0) is 24.1. The van der Waals surface area contributed by atoms with Crippen molar-refractivity contribution in [1.82, 2.24) is 0 Å². The van der Waals surface area contributed by atoms with E-state index in [1.54, 1.807) is 0 Å². The molecule has 0 aliphatic carbocycles. The van der Waals surface area contributed by atoms with Gasteiger partial charge in [-0.1, -0.05) is 57.0 Å². The number of halogens is 10. The SMILES string of the molecule is CCCc1ccc(-c2ccc(-c3cc(F)c(S(F)(F)(F)(F)F)c(F)c3)c(F)c2F)cc1F. The van der Waals surface area contributed by atoms with Gasteiger partial charge in [0.2, 0.25) is 0 Å². The van der Waals surface area contributed by atoms with Crippen LogP contribution in [-0.2, 0) is 6.42 Å². The quantitative estimate of drug-likeness (QED) is 0.314. The molecule has 0 nitrogen and oxygen atoms in total. The van der Waals surface area contributed by atoms with Crippen LogP contribution in [-0.4, -0.2) is 0 Å². The first-order chi connectivity index (χ1) is 14.5. The van der Waals surface area contributed by atoms with Crippen LogP contribution in [0.2, 0.25) is 0 Å². The second-order valence-electron chi connectivity index (χ2n) is 7.08. The van der Waals surface area contributed by atoms with Crippen molar-refractivity contribution in [3.63, 3.8) is 0 Å². The second kappa shape index (κ2) is 7.16. The summed E-state index contributed by atoms with van der Waals surface area (Å²) in [5.41, 5.74) is -1.93. The Balaban J connectivity index is 2.11. The third-order valence-electron chi connectivity index (χ3n) is 4.66. The largest absolute Gasteiger partial charge is 0.315 e. The highest BCUT2D eigenvalue weighted by atomic mass is 32.5. The lowest BCUT2D eigenvalue weighted by atomic mass is 9.97. The molecule has 11 heteroatoms. The van der Waals surface area contributed by atoms with Crippen molar-refractivity contribution in [3.8, 4) is 22.3 Å². The number of hydrogen-bond donors (Lipinski definition) is 0. The van der Waals surface area contributed by atoms with Crippen molar-refractivity contribution in [2.24, 2.45) is 0 Å². The zero-order valence-corrected chi connectivity index (χ0v) is 17.0. The summed E-state index contributed by atoms with van der Waals surface area (Å²) in [7, 11) is -10.7. The molecule has 0 aliphatic rings. The van der Waals surface area contributed by atoms with Crippen LogP contribution in [0.15, 0.2) is 47.4 Å². The van der Waals surface area contributed by atoms with Crippen LogP contribution >= 0.6 is 10.2 Å². The fourth-order valence-electron chi connectivity index (χ4n) is 3.27. The molecule has 174 valence electrons. The van der Waals surface area contributed by atoms with E-state index in [2.05, 4.69) is 0 Å². The summed E-state index contributed by atoms with van der Waals surface area (Å²) in [6.07, 6.45) is 1.05. The van der Waals surface area contributed by atoms with E-state index in [9.17, 15) is 41.4 Å². The molecule has 0 aromatic heterocycles. The molecule has 0 bridgehead atoms. The molecule has 0 unspecified atom stereocenters. The Labute approximate surface area is 176 Å². The fraction of sp³-hybridized carbons (Fsp3) is 0.143. The van der Waals surface area contributed by atoms with E-state index in [0.29, 0.717) is 18.4 Å². The van der Waals surface area contributed by atoms with Gasteiger partial charge in [0, 0.05) is 11.1 Å². The van der Waals surface area contributed by atoms with Gasteiger partial charge in [-0.05, 0) is 41.3 Å². The smallest absolute Gasteiger partial charge is 0.207 e. The summed E-state index contributed by atoms with van der Waals surface area (Å²) in [6, 6.07) is 5.07. The third-order valence-corrected chi connectivity index (χ3v) is 5.82. The number of benzene rings is 3. The van der Waals surface area contributed by atoms with Crippen molar-refractivity contribution < 1.29 is 41.4 Å². The maximum Gasteiger partial charge on any atom is 0.315 e. The molecule has 0 saturated heterocycles. The summed E-state index contributed by atoms with van der Waals surface area (Å²) in [4.78, 5) is -3.37. The lowest BCUT2D eigenvalue weighted by molar-refractivity contribution is 0.345. The number of rotatable bonds is 5. The van der Waals surface area contributed by atoms with Gasteiger partial charge in [0.05, 0.1) is 0 Å². The Morgan fingerprint density at radius 3 is 1.53 bits per heavy atom. The predicted octanol–water partition coefficient (Wildman–Crippen LogP) is 9.33. The Hall–Kier alpha value is -2.69. The molecule has 0 amide bonds. The average molecular weight is 488 g/mol. The normalized spacial score (nSPS) is 14.2. The summed E-state index contributed by atoms with van der Waals surface area (Å²) in [5.74, 6) is -9.28. The molecule has 0 atom stereocenters. The molecule has 0 radical (unpaired) electrons. The van der Waals surface area contributed by atoms with Crippen LogP contribution < -0.4 is 0 Å². The summed E-state index contributed by atoms with van der Waals surface area (Å²) in [6.45, 7) is 1.82. The van der Waals surface area contributed by atoms with Gasteiger partial charge >= 0.3 is 10.2 Å². The lowest BCUT2D eigenvalue weighted by Crippen LogP contribution is -2.11. The standard InChI is InChI=1S/C21H14F10S/c1-2-3-11-4-5-12(8-16(11)22)14-6-7-15(20(26)19(14)25)13-9-17(23)21(18(24)10-13)32(27,28,29,30)31/h4-10H,2-3H2,1H3. The van der Waals surface area contributed by atoms with Crippen molar-refractivity contribution >= 4 is 10.2 Å². The van der Waals surface area contributed by atoms with Gasteiger partial charge in [0.1, 0.15) is 17.5 Å². The highest BCUT2D eigenvalue weighted by Gasteiger charge is 2.68. The molecule has 3 aromatic rings. The molecule has 0 spiro atoms. The maximum absolute atomic E-state index is 14.6. The highest BCUT2D eigenvalue weighted by molar-refractivity contribution is 8.45. The first kappa shape index (κ1) is 24.0. The number of hydrogen-bond acceptors (Lipinski definition) is 0. The van der Waals surface area contributed by atoms with Gasteiger partial charge < -0.3 is 0 Å². The maximum atomic E-state index is 14.6. The summed E-state index contributed by atoms with van der Waals surface area (Å²) in [5, 5.41) is 0. The van der Waals surface area contributed by atoms with E-state index in [-0.39, 0.29) is 17.7 Å². The van der Waals surface area contributed by atoms with E-state index in [1.807, 2.05) is 6.92 Å². The third kappa shape index (κ3) is 4.57. The zero-order valence-electron chi connectivity index (χ0n) is 16.1. The van der Waals surface area contributed by atoms with E-state index in [1.165, 1.54) is 12.1 Å². The molecule has 32 heavy (non-hydrogen) atoms. The van der Waals surface area contributed by atoms with Gasteiger partial charge in [-0.25, -0.2) is 22.0 Å². The lowest BCUT2D eigenvalue weighted by Gasteiger charge is -2.40. The molecule has 0 N–H and O–H groups in total. The molecule has 3 rings (SSSR count). The van der Waals surface area contributed by atoms with E-state index in [4.69, 9.17) is 0 Å². The molecular weight excluding hydrogens is 474 g/mol. The topological polar surface area (TPSA) is 0 Å². The first-order valence-electron chi connectivity index (χ1n) is 9.03. The van der Waals surface area contributed by atoms with E-state index in [0.717, 1.165) is 18.2 Å². The number of aryl methyl sites for hydroxylation is 1. The molecule has 0 heterocycles. The monoisotopic (exact) mass is 488 g/mol. The van der Waals surface area contributed by atoms with Gasteiger partial charge in [0.25, 0.3) is 0 Å². The molecule has 0 aliphatic heterocycles. The minimum absolute atomic E-state index is 0.0566. The van der Waals surface area contributed by atoms with Crippen molar-refractivity contribution in [3.05, 3.63) is 77.1 Å². The van der Waals surface area contributed by atoms with Crippen molar-refractivity contribution in [2.45, 2.75) is 24.7 Å². The Bertz CT molecular complexity index is 1190. The minimum Gasteiger partial charge on any atom is -0.207 e. The van der Waals surface area contributed by atoms with Crippen LogP contribution in [0.4, 0.5) is 41.4 Å². The second-order valence-corrected chi connectivity index (χ2v) is 9.43. The van der Waals surface area contributed by atoms with Gasteiger partial charge in [-0.15, -0.1) is 0 Å². The van der Waals surface area contributed by atoms with E-state index >= 15 is 0 Å². The van der Waals surface area contributed by atoms with Gasteiger partial charge in [-0.3, -0.25) is 0 Å². The average Bonchev–Trinajstić information content (AvgIpc) is 2.62. The highest BCUT2D eigenvalue weighted by Crippen LogP contribution is 3.02. The first-order valence-corrected chi connectivity index (χ1v) is 11.0. The Morgan fingerprint density at radius 2 is 1.09 bits per heavy atom. The van der Waals surface area contributed by atoms with Crippen molar-refractivity contribution in [2.75, 3.05) is 0 Å². The van der Waals surface area contributed by atoms with Crippen LogP contribution in [0.25, 0.3) is 22.3 Å². The molecule has 0 saturated carbocycles. The van der Waals surface area contributed by atoms with Gasteiger partial charge in [-0.2, -0.15) is 0 Å². The van der Waals surface area contributed by atoms with Crippen LogP contribution in [0, 0.1) is 29.1 Å². The molecular formula is C21H14F10S. The fourth-order valence-corrected chi connectivity index (χ4v) is 4.12. The van der Waals surface area contributed by atoms with Crippen molar-refractivity contribution in [1.29, 1.82) is 0 Å². The minimum atomic E-state index is -10.7. The van der Waals surface area contributed by atoms with Crippen LogP contribution in [0.3, 0.4) is 0 Å². The van der Waals surface area contributed by atoms with Crippen LogP contribution in [0.1, 0.15) is 18.9 Å². The molecule has 3 aromatic carbocycles. The van der Waals surface area contributed by atoms with E-state index < -0.39 is 60.9 Å². The Morgan fingerprint density at radius 1 is 0.625 bits per heavy atom. The summed E-state index contributed by atoms with van der Waals surface area (Å²) < 4.78 is 135. The van der Waals surface area contributed by atoms with Crippen LogP contribution in [0.5, 0.6) is 0 Å². The predicted molar refractivity (Wildman–Crippen MR) is 102 cm³/mol. The van der Waals surface area contributed by atoms with Gasteiger partial charge in [0.15, 0.2) is 16.5 Å². The summed E-state index contributed by atoms with van der Waals surface area (Å²) >= 11 is 0. The molecule has 0 fully saturated rings. The Kier molecular flexibility index (Phi) is 5.36.